The quantitative estimate of drug-likeness (QED) is 0.762. The Balaban J connectivity index is 1.88. The minimum absolute atomic E-state index is 0.160. The fraction of sp³-hybridized carbons (Fsp3) is 0. The molecule has 0 saturated carbocycles. The Morgan fingerprint density at radius 1 is 1.10 bits per heavy atom. The van der Waals surface area contributed by atoms with Gasteiger partial charge >= 0.3 is 0 Å². The number of benzene rings is 1. The number of aromatic nitrogens is 4. The summed E-state index contributed by atoms with van der Waals surface area (Å²) in [6, 6.07) is 9.41. The van der Waals surface area contributed by atoms with E-state index < -0.39 is 0 Å². The van der Waals surface area contributed by atoms with Crippen LogP contribution in [0.4, 0.5) is 0 Å². The zero-order valence-corrected chi connectivity index (χ0v) is 10.6. The zero-order valence-electron chi connectivity index (χ0n) is 10.6. The smallest absolute Gasteiger partial charge is 0.251 e. The van der Waals surface area contributed by atoms with Gasteiger partial charge in [-0.05, 0) is 23.3 Å². The van der Waals surface area contributed by atoms with E-state index in [0.29, 0.717) is 5.82 Å². The highest BCUT2D eigenvalue weighted by atomic mass is 16.1. The van der Waals surface area contributed by atoms with Crippen LogP contribution < -0.4 is 5.56 Å². The highest BCUT2D eigenvalue weighted by Gasteiger charge is 1.98. The molecule has 3 rings (SSSR count). The first kappa shape index (κ1) is 12.1. The molecule has 5 nitrogen and oxygen atoms in total. The molecule has 0 saturated heterocycles. The van der Waals surface area contributed by atoms with Gasteiger partial charge in [-0.25, -0.2) is 4.98 Å². The topological polar surface area (TPSA) is 74.4 Å². The highest BCUT2D eigenvalue weighted by Crippen LogP contribution is 2.19. The second kappa shape index (κ2) is 5.36. The molecule has 20 heavy (non-hydrogen) atoms. The van der Waals surface area contributed by atoms with E-state index in [4.69, 9.17) is 0 Å². The third kappa shape index (κ3) is 2.72. The predicted molar refractivity (Wildman–Crippen MR) is 77.8 cm³/mol. The fourth-order valence-corrected chi connectivity index (χ4v) is 1.88. The third-order valence-corrected chi connectivity index (χ3v) is 2.84. The van der Waals surface area contributed by atoms with Crippen molar-refractivity contribution in [2.24, 2.45) is 0 Å². The van der Waals surface area contributed by atoms with Crippen molar-refractivity contribution in [3.05, 3.63) is 70.7 Å². The largest absolute Gasteiger partial charge is 0.307 e. The van der Waals surface area contributed by atoms with Crippen LogP contribution in [-0.4, -0.2) is 20.2 Å². The average Bonchev–Trinajstić information content (AvgIpc) is 3.00. The lowest BCUT2D eigenvalue weighted by Gasteiger charge is -1.99. The molecule has 0 amide bonds. The Bertz CT molecular complexity index is 787. The fourth-order valence-electron chi connectivity index (χ4n) is 1.88. The molecule has 0 spiro atoms. The molecule has 0 fully saturated rings. The monoisotopic (exact) mass is 264 g/mol. The lowest BCUT2D eigenvalue weighted by atomic mass is 10.1. The lowest BCUT2D eigenvalue weighted by molar-refractivity contribution is 1.09. The summed E-state index contributed by atoms with van der Waals surface area (Å²) in [7, 11) is 0. The summed E-state index contributed by atoms with van der Waals surface area (Å²) in [6.45, 7) is 0. The molecule has 0 aliphatic rings. The van der Waals surface area contributed by atoms with Crippen molar-refractivity contribution in [2.45, 2.75) is 0 Å². The van der Waals surface area contributed by atoms with E-state index in [2.05, 4.69) is 20.2 Å². The Morgan fingerprint density at radius 3 is 2.85 bits per heavy atom. The molecule has 2 heterocycles. The van der Waals surface area contributed by atoms with Gasteiger partial charge in [-0.3, -0.25) is 9.89 Å². The van der Waals surface area contributed by atoms with E-state index in [1.807, 2.05) is 36.5 Å². The van der Waals surface area contributed by atoms with Crippen molar-refractivity contribution in [2.75, 3.05) is 0 Å². The van der Waals surface area contributed by atoms with Gasteiger partial charge in [-0.15, -0.1) is 0 Å². The molecule has 0 radical (unpaired) electrons. The van der Waals surface area contributed by atoms with Crippen molar-refractivity contribution in [1.82, 2.24) is 20.2 Å². The molecule has 5 heteroatoms. The molecule has 2 N–H and O–H groups in total. The summed E-state index contributed by atoms with van der Waals surface area (Å²) in [5.74, 6) is 0.534. The number of rotatable bonds is 3. The zero-order chi connectivity index (χ0) is 13.8. The second-order valence-corrected chi connectivity index (χ2v) is 4.27. The molecular weight excluding hydrogens is 252 g/mol. The van der Waals surface area contributed by atoms with E-state index >= 15 is 0 Å². The second-order valence-electron chi connectivity index (χ2n) is 4.27. The average molecular weight is 264 g/mol. The van der Waals surface area contributed by atoms with E-state index in [1.54, 1.807) is 12.3 Å². The van der Waals surface area contributed by atoms with Crippen molar-refractivity contribution >= 4 is 12.2 Å². The summed E-state index contributed by atoms with van der Waals surface area (Å²) >= 11 is 0. The molecule has 0 atom stereocenters. The van der Waals surface area contributed by atoms with Crippen molar-refractivity contribution < 1.29 is 0 Å². The van der Waals surface area contributed by atoms with Crippen LogP contribution in [0.2, 0.25) is 0 Å². The number of nitrogens with one attached hydrogen (secondary N) is 2. The van der Waals surface area contributed by atoms with Gasteiger partial charge in [0.2, 0.25) is 0 Å². The lowest BCUT2D eigenvalue weighted by Crippen LogP contribution is -2.05. The first-order valence-corrected chi connectivity index (χ1v) is 6.14. The molecule has 0 aliphatic carbocycles. The third-order valence-electron chi connectivity index (χ3n) is 2.84. The molecule has 0 bridgehead atoms. The number of nitrogens with zero attached hydrogens (tertiary/aromatic N) is 2. The van der Waals surface area contributed by atoms with Crippen molar-refractivity contribution in [3.63, 3.8) is 0 Å². The highest BCUT2D eigenvalue weighted by molar-refractivity contribution is 5.71. The molecule has 2 aromatic heterocycles. The van der Waals surface area contributed by atoms with Crippen molar-refractivity contribution in [3.8, 4) is 11.1 Å². The minimum Gasteiger partial charge on any atom is -0.307 e. The number of H-pyrrole nitrogens is 2. The SMILES string of the molecule is O=c1ccnc(/C=C/c2cccc(-c3cn[nH]c3)c2)[nH]1. The maximum absolute atomic E-state index is 11.2. The first-order valence-electron chi connectivity index (χ1n) is 6.14. The van der Waals surface area contributed by atoms with Crippen LogP contribution in [0, 0.1) is 0 Å². The van der Waals surface area contributed by atoms with Gasteiger partial charge in [0.1, 0.15) is 5.82 Å². The summed E-state index contributed by atoms with van der Waals surface area (Å²) < 4.78 is 0. The van der Waals surface area contributed by atoms with Crippen LogP contribution in [0.25, 0.3) is 23.3 Å². The summed E-state index contributed by atoms with van der Waals surface area (Å²) in [4.78, 5) is 17.9. The number of hydrogen-bond acceptors (Lipinski definition) is 3. The Morgan fingerprint density at radius 2 is 2.05 bits per heavy atom. The van der Waals surface area contributed by atoms with Crippen LogP contribution in [0.15, 0.2) is 53.7 Å². The van der Waals surface area contributed by atoms with Gasteiger partial charge in [-0.1, -0.05) is 24.3 Å². The van der Waals surface area contributed by atoms with Crippen LogP contribution in [-0.2, 0) is 0 Å². The Hall–Kier alpha value is -2.95. The summed E-state index contributed by atoms with van der Waals surface area (Å²) in [6.07, 6.45) is 8.79. The number of aromatic amines is 2. The van der Waals surface area contributed by atoms with Gasteiger partial charge in [-0.2, -0.15) is 5.10 Å². The van der Waals surface area contributed by atoms with E-state index in [-0.39, 0.29) is 5.56 Å². The van der Waals surface area contributed by atoms with Crippen LogP contribution >= 0.6 is 0 Å². The van der Waals surface area contributed by atoms with Crippen LogP contribution in [0.5, 0.6) is 0 Å². The maximum Gasteiger partial charge on any atom is 0.251 e. The summed E-state index contributed by atoms with van der Waals surface area (Å²) in [5.41, 5.74) is 2.98. The molecular formula is C15H12N4O. The van der Waals surface area contributed by atoms with Gasteiger partial charge in [0.25, 0.3) is 5.56 Å². The van der Waals surface area contributed by atoms with Gasteiger partial charge in [0.05, 0.1) is 6.20 Å². The van der Waals surface area contributed by atoms with Crippen LogP contribution in [0.1, 0.15) is 11.4 Å². The van der Waals surface area contributed by atoms with Gasteiger partial charge < -0.3 is 4.98 Å². The first-order chi connectivity index (χ1) is 9.81. The van der Waals surface area contributed by atoms with Crippen LogP contribution in [0.3, 0.4) is 0 Å². The minimum atomic E-state index is -0.160. The van der Waals surface area contributed by atoms with Gasteiger partial charge in [0.15, 0.2) is 0 Å². The van der Waals surface area contributed by atoms with Crippen molar-refractivity contribution in [1.29, 1.82) is 0 Å². The molecule has 1 aromatic carbocycles. The standard InChI is InChI=1S/C15H12N4O/c20-15-6-7-16-14(19-15)5-4-11-2-1-3-12(8-11)13-9-17-18-10-13/h1-10H,(H,17,18)(H,16,19,20)/b5-4+. The van der Waals surface area contributed by atoms with E-state index in [0.717, 1.165) is 16.7 Å². The molecule has 3 aromatic rings. The van der Waals surface area contributed by atoms with Gasteiger partial charge in [0, 0.05) is 24.0 Å². The van der Waals surface area contributed by atoms with E-state index in [9.17, 15) is 4.79 Å². The Kier molecular flexibility index (Phi) is 3.24. The predicted octanol–water partition coefficient (Wildman–Crippen LogP) is 2.33. The molecule has 0 aliphatic heterocycles. The maximum atomic E-state index is 11.2. The normalized spacial score (nSPS) is 11.0. The summed E-state index contributed by atoms with van der Waals surface area (Å²) in [5, 5.41) is 6.73. The number of hydrogen-bond donors (Lipinski definition) is 2. The molecule has 98 valence electrons. The Labute approximate surface area is 115 Å². The van der Waals surface area contributed by atoms with E-state index in [1.165, 1.54) is 12.3 Å². The molecule has 0 unspecified atom stereocenters.